The Bertz CT molecular complexity index is 1250. The zero-order valence-electron chi connectivity index (χ0n) is 20.9. The SMILES string of the molecule is CC[C@@H]1CCN(c2nn([C@H]3CCOC3)c3c2CN(C(C)=O)CC3)c2ccc(-c3cnn(C)c3)cc21. The quantitative estimate of drug-likeness (QED) is 0.567. The first-order chi connectivity index (χ1) is 17.0. The van der Waals surface area contributed by atoms with Crippen LogP contribution in [0.15, 0.2) is 30.6 Å². The number of benzene rings is 1. The molecule has 0 saturated carbocycles. The van der Waals surface area contributed by atoms with E-state index in [-0.39, 0.29) is 11.9 Å². The van der Waals surface area contributed by atoms with Gasteiger partial charge in [0.25, 0.3) is 0 Å². The monoisotopic (exact) mass is 474 g/mol. The molecule has 0 aliphatic carbocycles. The van der Waals surface area contributed by atoms with Crippen molar-refractivity contribution in [3.63, 3.8) is 0 Å². The van der Waals surface area contributed by atoms with E-state index >= 15 is 0 Å². The van der Waals surface area contributed by atoms with Crippen LogP contribution < -0.4 is 4.90 Å². The standard InChI is InChI=1S/C27H34N6O2/c1-4-19-7-11-32(25-6-5-20(13-23(19)25)21-14-28-30(3)15-21)27-24-16-31(18(2)34)10-8-26(24)33(29-27)22-9-12-35-17-22/h5-6,13-15,19,22H,4,7-12,16-17H2,1-3H3/t19-,22+/m1/s1. The Morgan fingerprint density at radius 1 is 1.20 bits per heavy atom. The summed E-state index contributed by atoms with van der Waals surface area (Å²) in [6, 6.07) is 7.09. The number of hydrogen-bond acceptors (Lipinski definition) is 5. The number of fused-ring (bicyclic) bond motifs is 2. The van der Waals surface area contributed by atoms with Crippen LogP contribution in [0.2, 0.25) is 0 Å². The second-order valence-electron chi connectivity index (χ2n) is 10.1. The van der Waals surface area contributed by atoms with Gasteiger partial charge in [-0.3, -0.25) is 14.2 Å². The van der Waals surface area contributed by atoms with Crippen molar-refractivity contribution in [2.75, 3.05) is 31.2 Å². The Morgan fingerprint density at radius 2 is 2.09 bits per heavy atom. The third-order valence-corrected chi connectivity index (χ3v) is 8.01. The average Bonchev–Trinajstić information content (AvgIpc) is 3.62. The number of carbonyl (C=O) groups is 1. The molecule has 0 bridgehead atoms. The molecule has 1 fully saturated rings. The van der Waals surface area contributed by atoms with Crippen molar-refractivity contribution in [2.24, 2.45) is 7.05 Å². The van der Waals surface area contributed by atoms with Crippen molar-refractivity contribution < 1.29 is 9.53 Å². The molecule has 8 nitrogen and oxygen atoms in total. The molecule has 5 heterocycles. The highest BCUT2D eigenvalue weighted by Crippen LogP contribution is 2.44. The molecule has 0 N–H and O–H groups in total. The molecular weight excluding hydrogens is 440 g/mol. The van der Waals surface area contributed by atoms with Crippen molar-refractivity contribution in [1.29, 1.82) is 0 Å². The van der Waals surface area contributed by atoms with Crippen LogP contribution in [0.5, 0.6) is 0 Å². The van der Waals surface area contributed by atoms with E-state index in [2.05, 4.69) is 46.0 Å². The van der Waals surface area contributed by atoms with E-state index in [1.165, 1.54) is 28.1 Å². The maximum Gasteiger partial charge on any atom is 0.219 e. The lowest BCUT2D eigenvalue weighted by atomic mass is 9.86. The summed E-state index contributed by atoms with van der Waals surface area (Å²) in [6.07, 6.45) is 8.04. The molecule has 3 aromatic rings. The lowest BCUT2D eigenvalue weighted by Gasteiger charge is -2.36. The summed E-state index contributed by atoms with van der Waals surface area (Å²) in [4.78, 5) is 16.6. The minimum atomic E-state index is 0.129. The summed E-state index contributed by atoms with van der Waals surface area (Å²) in [7, 11) is 1.96. The van der Waals surface area contributed by atoms with Gasteiger partial charge in [0.15, 0.2) is 5.82 Å². The molecule has 8 heteroatoms. The van der Waals surface area contributed by atoms with E-state index in [0.29, 0.717) is 19.1 Å². The highest BCUT2D eigenvalue weighted by molar-refractivity contribution is 5.76. The molecule has 0 spiro atoms. The predicted molar refractivity (Wildman–Crippen MR) is 135 cm³/mol. The van der Waals surface area contributed by atoms with Crippen LogP contribution in [-0.2, 0) is 29.5 Å². The Labute approximate surface area is 206 Å². The third kappa shape index (κ3) is 3.84. The first-order valence-electron chi connectivity index (χ1n) is 12.9. The number of nitrogens with zero attached hydrogens (tertiary/aromatic N) is 6. The minimum absolute atomic E-state index is 0.129. The summed E-state index contributed by atoms with van der Waals surface area (Å²) in [5, 5.41) is 9.60. The fraction of sp³-hybridized carbons (Fsp3) is 0.519. The van der Waals surface area contributed by atoms with Gasteiger partial charge in [-0.25, -0.2) is 0 Å². The molecule has 1 amide bonds. The van der Waals surface area contributed by atoms with Gasteiger partial charge >= 0.3 is 0 Å². The van der Waals surface area contributed by atoms with E-state index in [9.17, 15) is 4.79 Å². The van der Waals surface area contributed by atoms with Crippen molar-refractivity contribution in [3.8, 4) is 11.1 Å². The number of carbonyl (C=O) groups excluding carboxylic acids is 1. The number of rotatable bonds is 4. The van der Waals surface area contributed by atoms with Crippen LogP contribution in [-0.4, -0.2) is 56.7 Å². The topological polar surface area (TPSA) is 68.4 Å². The Hall–Kier alpha value is -3.13. The molecule has 184 valence electrons. The fourth-order valence-electron chi connectivity index (χ4n) is 6.01. The second kappa shape index (κ2) is 8.82. The first kappa shape index (κ1) is 22.3. The van der Waals surface area contributed by atoms with E-state index in [1.807, 2.05) is 22.8 Å². The van der Waals surface area contributed by atoms with Crippen LogP contribution in [0.3, 0.4) is 0 Å². The van der Waals surface area contributed by atoms with Gasteiger partial charge in [-0.15, -0.1) is 0 Å². The van der Waals surface area contributed by atoms with Gasteiger partial charge in [0.1, 0.15) is 0 Å². The molecule has 2 aromatic heterocycles. The maximum atomic E-state index is 12.3. The van der Waals surface area contributed by atoms with Crippen molar-refractivity contribution in [1.82, 2.24) is 24.5 Å². The summed E-state index contributed by atoms with van der Waals surface area (Å²) >= 11 is 0. The number of aromatic nitrogens is 4. The summed E-state index contributed by atoms with van der Waals surface area (Å²) in [6.45, 7) is 7.77. The first-order valence-corrected chi connectivity index (χ1v) is 12.9. The van der Waals surface area contributed by atoms with E-state index in [0.717, 1.165) is 56.8 Å². The highest BCUT2D eigenvalue weighted by Gasteiger charge is 2.35. The molecule has 3 aliphatic rings. The van der Waals surface area contributed by atoms with Crippen LogP contribution in [0.1, 0.15) is 61.9 Å². The second-order valence-corrected chi connectivity index (χ2v) is 10.1. The lowest BCUT2D eigenvalue weighted by molar-refractivity contribution is -0.129. The largest absolute Gasteiger partial charge is 0.379 e. The smallest absolute Gasteiger partial charge is 0.219 e. The Kier molecular flexibility index (Phi) is 5.63. The summed E-state index contributed by atoms with van der Waals surface area (Å²) < 4.78 is 9.79. The normalized spacial score (nSPS) is 21.8. The van der Waals surface area contributed by atoms with Crippen molar-refractivity contribution in [3.05, 3.63) is 47.4 Å². The van der Waals surface area contributed by atoms with Crippen LogP contribution in [0.4, 0.5) is 11.5 Å². The molecule has 6 rings (SSSR count). The predicted octanol–water partition coefficient (Wildman–Crippen LogP) is 4.19. The third-order valence-electron chi connectivity index (χ3n) is 8.01. The van der Waals surface area contributed by atoms with Gasteiger partial charge < -0.3 is 14.5 Å². The zero-order valence-corrected chi connectivity index (χ0v) is 20.9. The lowest BCUT2D eigenvalue weighted by Crippen LogP contribution is -2.36. The van der Waals surface area contributed by atoms with Crippen molar-refractivity contribution in [2.45, 2.75) is 58.0 Å². The minimum Gasteiger partial charge on any atom is -0.379 e. The molecule has 0 radical (unpaired) electrons. The molecule has 3 aliphatic heterocycles. The molecular formula is C27H34N6O2. The Morgan fingerprint density at radius 3 is 2.80 bits per heavy atom. The van der Waals surface area contributed by atoms with E-state index in [4.69, 9.17) is 9.84 Å². The molecule has 1 saturated heterocycles. The fourth-order valence-corrected chi connectivity index (χ4v) is 6.01. The zero-order chi connectivity index (χ0) is 24.1. The van der Waals surface area contributed by atoms with Gasteiger partial charge in [0, 0.05) is 68.8 Å². The number of ether oxygens (including phenoxy) is 1. The van der Waals surface area contributed by atoms with Gasteiger partial charge in [0.2, 0.25) is 5.91 Å². The van der Waals surface area contributed by atoms with Crippen LogP contribution in [0, 0.1) is 0 Å². The summed E-state index contributed by atoms with van der Waals surface area (Å²) in [5.74, 6) is 1.67. The van der Waals surface area contributed by atoms with Gasteiger partial charge in [0.05, 0.1) is 25.4 Å². The number of anilines is 2. The van der Waals surface area contributed by atoms with Gasteiger partial charge in [-0.05, 0) is 48.4 Å². The molecule has 1 aromatic carbocycles. The highest BCUT2D eigenvalue weighted by atomic mass is 16.5. The molecule has 2 atom stereocenters. The van der Waals surface area contributed by atoms with Gasteiger partial charge in [-0.1, -0.05) is 13.0 Å². The molecule has 0 unspecified atom stereocenters. The number of hydrogen-bond donors (Lipinski definition) is 0. The van der Waals surface area contributed by atoms with E-state index in [1.54, 1.807) is 6.92 Å². The van der Waals surface area contributed by atoms with Crippen LogP contribution in [0.25, 0.3) is 11.1 Å². The maximum absolute atomic E-state index is 12.3. The van der Waals surface area contributed by atoms with Crippen LogP contribution >= 0.6 is 0 Å². The number of amides is 1. The Balaban J connectivity index is 1.45. The number of aryl methyl sites for hydroxylation is 1. The van der Waals surface area contributed by atoms with Crippen molar-refractivity contribution >= 4 is 17.4 Å². The summed E-state index contributed by atoms with van der Waals surface area (Å²) in [5.41, 5.74) is 7.45. The molecule has 35 heavy (non-hydrogen) atoms. The average molecular weight is 475 g/mol. The van der Waals surface area contributed by atoms with E-state index < -0.39 is 0 Å². The van der Waals surface area contributed by atoms with Gasteiger partial charge in [-0.2, -0.15) is 10.2 Å².